The number of fused-ring (bicyclic) bond motifs is 1. The number of hydrogen-bond donors (Lipinski definition) is 3. The molecule has 0 spiro atoms. The Labute approximate surface area is 105 Å². The number of carbonyl (C=O) groups excluding carboxylic acids is 1. The van der Waals surface area contributed by atoms with Crippen LogP contribution in [-0.2, 0) is 16.0 Å². The summed E-state index contributed by atoms with van der Waals surface area (Å²) in [6.07, 6.45) is 0.913. The van der Waals surface area contributed by atoms with Crippen molar-refractivity contribution in [3.63, 3.8) is 0 Å². The molecule has 1 aromatic rings. The molecule has 1 atom stereocenters. The van der Waals surface area contributed by atoms with Gasteiger partial charge in [-0.2, -0.15) is 0 Å². The molecule has 5 heteroatoms. The SMILES string of the molecule is CCc1ccc2c(c1)C(NCCC(=O)O)C(=O)N2. The molecule has 18 heavy (non-hydrogen) atoms. The quantitative estimate of drug-likeness (QED) is 0.734. The van der Waals surface area contributed by atoms with E-state index in [1.54, 1.807) is 0 Å². The molecule has 1 amide bonds. The summed E-state index contributed by atoms with van der Waals surface area (Å²) in [4.78, 5) is 22.2. The zero-order valence-electron chi connectivity index (χ0n) is 10.2. The smallest absolute Gasteiger partial charge is 0.304 e. The van der Waals surface area contributed by atoms with Crippen molar-refractivity contribution >= 4 is 17.6 Å². The predicted octanol–water partition coefficient (Wildman–Crippen LogP) is 1.31. The Morgan fingerprint density at radius 1 is 1.50 bits per heavy atom. The van der Waals surface area contributed by atoms with Crippen LogP contribution in [0, 0.1) is 0 Å². The molecule has 1 unspecified atom stereocenters. The van der Waals surface area contributed by atoms with Crippen molar-refractivity contribution < 1.29 is 14.7 Å². The van der Waals surface area contributed by atoms with Crippen molar-refractivity contribution in [1.29, 1.82) is 0 Å². The summed E-state index contributed by atoms with van der Waals surface area (Å²) < 4.78 is 0. The van der Waals surface area contributed by atoms with E-state index >= 15 is 0 Å². The summed E-state index contributed by atoms with van der Waals surface area (Å²) in [6.45, 7) is 2.34. The van der Waals surface area contributed by atoms with Crippen molar-refractivity contribution in [3.8, 4) is 0 Å². The van der Waals surface area contributed by atoms with E-state index < -0.39 is 12.0 Å². The fourth-order valence-corrected chi connectivity index (χ4v) is 2.06. The maximum atomic E-state index is 11.8. The molecule has 0 radical (unpaired) electrons. The number of aryl methyl sites for hydroxylation is 1. The minimum atomic E-state index is -0.872. The van der Waals surface area contributed by atoms with Gasteiger partial charge in [0.1, 0.15) is 6.04 Å². The summed E-state index contributed by atoms with van der Waals surface area (Å²) in [5.41, 5.74) is 2.88. The highest BCUT2D eigenvalue weighted by molar-refractivity contribution is 6.02. The van der Waals surface area contributed by atoms with Gasteiger partial charge in [0.25, 0.3) is 0 Å². The summed E-state index contributed by atoms with van der Waals surface area (Å²) in [5, 5.41) is 14.4. The molecule has 1 aliphatic rings. The van der Waals surface area contributed by atoms with Gasteiger partial charge in [0, 0.05) is 17.8 Å². The molecule has 5 nitrogen and oxygen atoms in total. The first-order valence-corrected chi connectivity index (χ1v) is 6.00. The number of carboxylic acids is 1. The molecule has 3 N–H and O–H groups in total. The predicted molar refractivity (Wildman–Crippen MR) is 67.4 cm³/mol. The molecule has 1 aliphatic heterocycles. The van der Waals surface area contributed by atoms with E-state index in [1.165, 1.54) is 0 Å². The van der Waals surface area contributed by atoms with E-state index in [0.29, 0.717) is 0 Å². The molecule has 0 aromatic heterocycles. The number of nitrogens with one attached hydrogen (secondary N) is 2. The molecule has 0 fully saturated rings. The largest absolute Gasteiger partial charge is 0.481 e. The van der Waals surface area contributed by atoms with Crippen LogP contribution in [0.15, 0.2) is 18.2 Å². The van der Waals surface area contributed by atoms with Gasteiger partial charge < -0.3 is 15.7 Å². The first-order valence-electron chi connectivity index (χ1n) is 6.00. The second-order valence-electron chi connectivity index (χ2n) is 4.30. The molecule has 0 aliphatic carbocycles. The third-order valence-electron chi connectivity index (χ3n) is 3.04. The van der Waals surface area contributed by atoms with Crippen molar-refractivity contribution in [2.24, 2.45) is 0 Å². The number of benzene rings is 1. The fraction of sp³-hybridized carbons (Fsp3) is 0.385. The normalized spacial score (nSPS) is 17.4. The van der Waals surface area contributed by atoms with Crippen LogP contribution in [-0.4, -0.2) is 23.5 Å². The maximum absolute atomic E-state index is 11.8. The molecular weight excluding hydrogens is 232 g/mol. The van der Waals surface area contributed by atoms with Crippen molar-refractivity contribution in [1.82, 2.24) is 5.32 Å². The first kappa shape index (κ1) is 12.6. The molecule has 0 saturated carbocycles. The molecule has 0 bridgehead atoms. The van der Waals surface area contributed by atoms with Gasteiger partial charge in [-0.15, -0.1) is 0 Å². The van der Waals surface area contributed by atoms with Gasteiger partial charge in [-0.25, -0.2) is 0 Å². The van der Waals surface area contributed by atoms with Crippen molar-refractivity contribution in [2.45, 2.75) is 25.8 Å². The highest BCUT2D eigenvalue weighted by atomic mass is 16.4. The summed E-state index contributed by atoms with van der Waals surface area (Å²) in [5.74, 6) is -0.993. The standard InChI is InChI=1S/C13H16N2O3/c1-2-8-3-4-10-9(7-8)12(13(18)15-10)14-6-5-11(16)17/h3-4,7,12,14H,2,5-6H2,1H3,(H,15,18)(H,16,17). The van der Waals surface area contributed by atoms with Crippen LogP contribution in [0.5, 0.6) is 0 Å². The zero-order valence-corrected chi connectivity index (χ0v) is 10.2. The van der Waals surface area contributed by atoms with Gasteiger partial charge in [0.2, 0.25) is 5.91 Å². The second-order valence-corrected chi connectivity index (χ2v) is 4.30. The van der Waals surface area contributed by atoms with Gasteiger partial charge in [-0.1, -0.05) is 19.1 Å². The van der Waals surface area contributed by atoms with Gasteiger partial charge in [0.05, 0.1) is 6.42 Å². The lowest BCUT2D eigenvalue weighted by molar-refractivity contribution is -0.137. The average Bonchev–Trinajstić information content (AvgIpc) is 2.64. The maximum Gasteiger partial charge on any atom is 0.304 e. The minimum Gasteiger partial charge on any atom is -0.481 e. The topological polar surface area (TPSA) is 78.4 Å². The lowest BCUT2D eigenvalue weighted by atomic mass is 10.0. The summed E-state index contributed by atoms with van der Waals surface area (Å²) >= 11 is 0. The number of anilines is 1. The second kappa shape index (κ2) is 5.18. The van der Waals surface area contributed by atoms with E-state index in [2.05, 4.69) is 17.6 Å². The van der Waals surface area contributed by atoms with Gasteiger partial charge in [-0.05, 0) is 18.1 Å². The molecule has 2 rings (SSSR count). The minimum absolute atomic E-state index is 0.00653. The number of rotatable bonds is 5. The highest BCUT2D eigenvalue weighted by Crippen LogP contribution is 2.31. The molecule has 1 heterocycles. The van der Waals surface area contributed by atoms with Gasteiger partial charge in [0.15, 0.2) is 0 Å². The van der Waals surface area contributed by atoms with Crippen LogP contribution in [0.3, 0.4) is 0 Å². The Hall–Kier alpha value is -1.88. The molecule has 96 valence electrons. The Bertz CT molecular complexity index is 485. The van der Waals surface area contributed by atoms with Crippen LogP contribution in [0.25, 0.3) is 0 Å². The number of carbonyl (C=O) groups is 2. The number of carboxylic acid groups (broad SMARTS) is 1. The Morgan fingerprint density at radius 3 is 2.94 bits per heavy atom. The van der Waals surface area contributed by atoms with E-state index in [0.717, 1.165) is 23.2 Å². The van der Waals surface area contributed by atoms with Crippen LogP contribution < -0.4 is 10.6 Å². The Balaban J connectivity index is 2.13. The molecule has 1 aromatic carbocycles. The van der Waals surface area contributed by atoms with E-state index in [1.807, 2.05) is 18.2 Å². The first-order chi connectivity index (χ1) is 8.61. The van der Waals surface area contributed by atoms with Crippen LogP contribution in [0.1, 0.15) is 30.5 Å². The number of hydrogen-bond acceptors (Lipinski definition) is 3. The third kappa shape index (κ3) is 2.51. The molecular formula is C13H16N2O3. The monoisotopic (exact) mass is 248 g/mol. The Morgan fingerprint density at radius 2 is 2.28 bits per heavy atom. The van der Waals surface area contributed by atoms with Gasteiger partial charge >= 0.3 is 5.97 Å². The van der Waals surface area contributed by atoms with Gasteiger partial charge in [-0.3, -0.25) is 9.59 Å². The van der Waals surface area contributed by atoms with E-state index in [4.69, 9.17) is 5.11 Å². The lowest BCUT2D eigenvalue weighted by Gasteiger charge is -2.11. The summed E-state index contributed by atoms with van der Waals surface area (Å²) in [7, 11) is 0. The van der Waals surface area contributed by atoms with Crippen LogP contribution in [0.4, 0.5) is 5.69 Å². The van der Waals surface area contributed by atoms with Crippen LogP contribution >= 0.6 is 0 Å². The van der Waals surface area contributed by atoms with Crippen molar-refractivity contribution in [3.05, 3.63) is 29.3 Å². The number of amides is 1. The average molecular weight is 248 g/mol. The van der Waals surface area contributed by atoms with Crippen molar-refractivity contribution in [2.75, 3.05) is 11.9 Å². The zero-order chi connectivity index (χ0) is 13.1. The number of aliphatic carboxylic acids is 1. The fourth-order valence-electron chi connectivity index (χ4n) is 2.06. The molecule has 0 saturated heterocycles. The van der Waals surface area contributed by atoms with E-state index in [9.17, 15) is 9.59 Å². The Kier molecular flexibility index (Phi) is 3.62. The highest BCUT2D eigenvalue weighted by Gasteiger charge is 2.29. The lowest BCUT2D eigenvalue weighted by Crippen LogP contribution is -2.29. The van der Waals surface area contributed by atoms with Crippen LogP contribution in [0.2, 0.25) is 0 Å². The third-order valence-corrected chi connectivity index (χ3v) is 3.04. The summed E-state index contributed by atoms with van der Waals surface area (Å²) in [6, 6.07) is 5.43. The van der Waals surface area contributed by atoms with E-state index in [-0.39, 0.29) is 18.9 Å².